The summed E-state index contributed by atoms with van der Waals surface area (Å²) in [4.78, 5) is 83.9. The Kier molecular flexibility index (Phi) is 26.2. The van der Waals surface area contributed by atoms with Gasteiger partial charge in [-0.1, -0.05) is 177 Å². The minimum absolute atomic E-state index is 0.0735. The molecule has 1 amide bonds. The fourth-order valence-corrected chi connectivity index (χ4v) is 14.8. The van der Waals surface area contributed by atoms with E-state index in [0.717, 1.165) is 92.8 Å². The maximum atomic E-state index is 13.4. The third-order valence-electron chi connectivity index (χ3n) is 20.9. The summed E-state index contributed by atoms with van der Waals surface area (Å²) in [7, 11) is 4.32. The van der Waals surface area contributed by atoms with Gasteiger partial charge in [0.1, 0.15) is 23.2 Å². The zero-order valence-electron chi connectivity index (χ0n) is 58.0. The molecule has 2 saturated carbocycles. The highest BCUT2D eigenvalue weighted by molar-refractivity contribution is 5.90. The average molecular weight is 1390 g/mol. The van der Waals surface area contributed by atoms with Crippen molar-refractivity contribution >= 4 is 52.3 Å². The second-order valence-corrected chi connectivity index (χ2v) is 26.7. The van der Waals surface area contributed by atoms with Crippen LogP contribution in [0.2, 0.25) is 0 Å². The molecule has 13 rings (SSSR count). The molecule has 3 aromatic heterocycles. The fourth-order valence-electron chi connectivity index (χ4n) is 14.8. The zero-order valence-corrected chi connectivity index (χ0v) is 58.0. The zero-order chi connectivity index (χ0) is 72.8. The molecule has 8 aromatic rings. The van der Waals surface area contributed by atoms with Gasteiger partial charge in [-0.15, -0.1) is 0 Å². The molecule has 0 aliphatic heterocycles. The van der Waals surface area contributed by atoms with Crippen LogP contribution in [0.25, 0.3) is 16.7 Å². The Labute approximate surface area is 594 Å². The Morgan fingerprint density at radius 2 is 0.696 bits per heavy atom. The lowest BCUT2D eigenvalue weighted by Gasteiger charge is -2.37. The lowest BCUT2D eigenvalue weighted by Crippen LogP contribution is -2.44. The van der Waals surface area contributed by atoms with Gasteiger partial charge in [-0.3, -0.25) is 48.9 Å². The van der Waals surface area contributed by atoms with Crippen molar-refractivity contribution in [2.24, 2.45) is 5.92 Å². The van der Waals surface area contributed by atoms with Crippen molar-refractivity contribution in [3.05, 3.63) is 287 Å². The van der Waals surface area contributed by atoms with Gasteiger partial charge in [-0.2, -0.15) is 0 Å². The quantitative estimate of drug-likeness (QED) is 0.0423. The lowest BCUT2D eigenvalue weighted by atomic mass is 9.67. The maximum Gasteiger partial charge on any atom is 0.316 e. The molecule has 15 nitrogen and oxygen atoms in total. The minimum Gasteiger partial charge on any atom is -0.481 e. The number of benzene rings is 5. The van der Waals surface area contributed by atoms with Gasteiger partial charge < -0.3 is 19.3 Å². The van der Waals surface area contributed by atoms with Gasteiger partial charge in [0.05, 0.1) is 67.0 Å². The van der Waals surface area contributed by atoms with Crippen molar-refractivity contribution in [1.29, 1.82) is 0 Å². The molecule has 3 atom stereocenters. The Morgan fingerprint density at radius 1 is 0.412 bits per heavy atom. The smallest absolute Gasteiger partial charge is 0.316 e. The maximum absolute atomic E-state index is 13.4. The van der Waals surface area contributed by atoms with E-state index in [-0.39, 0.29) is 41.1 Å². The van der Waals surface area contributed by atoms with Gasteiger partial charge in [0, 0.05) is 31.4 Å². The van der Waals surface area contributed by atoms with E-state index in [4.69, 9.17) is 19.4 Å². The number of hydroxylamine groups is 1. The highest BCUT2D eigenvalue weighted by Crippen LogP contribution is 2.47. The van der Waals surface area contributed by atoms with Gasteiger partial charge in [0.2, 0.25) is 0 Å². The number of carbonyl (C=O) groups is 6. The van der Waals surface area contributed by atoms with Crippen LogP contribution < -0.4 is 5.48 Å². The molecule has 0 saturated heterocycles. The second-order valence-electron chi connectivity index (χ2n) is 26.7. The molecule has 5 aliphatic rings. The van der Waals surface area contributed by atoms with Crippen LogP contribution in [-0.2, 0) is 70.1 Å². The number of halogens is 3. The van der Waals surface area contributed by atoms with Crippen molar-refractivity contribution in [3.63, 3.8) is 0 Å². The molecule has 3 unspecified atom stereocenters. The summed E-state index contributed by atoms with van der Waals surface area (Å²) < 4.78 is 55.0. The van der Waals surface area contributed by atoms with Gasteiger partial charge in [0.25, 0.3) is 5.91 Å². The first-order valence-electron chi connectivity index (χ1n) is 34.4. The molecule has 3 N–H and O–H groups in total. The highest BCUT2D eigenvalue weighted by atomic mass is 19.1. The first-order chi connectivity index (χ1) is 49.3. The van der Waals surface area contributed by atoms with E-state index in [1.807, 2.05) is 170 Å². The Hall–Kier alpha value is -10.5. The first-order valence-corrected chi connectivity index (χ1v) is 34.4. The van der Waals surface area contributed by atoms with Crippen LogP contribution in [-0.4, -0.2) is 82.2 Å². The number of carbonyl (C=O) groups excluding carboxylic acids is 5. The molecule has 0 bridgehead atoms. The van der Waals surface area contributed by atoms with E-state index >= 15 is 0 Å². The number of carboxylic acid groups (broad SMARTS) is 1. The predicted octanol–water partition coefficient (Wildman–Crippen LogP) is 16.5. The van der Waals surface area contributed by atoms with Gasteiger partial charge in [-0.25, -0.2) is 18.7 Å². The molecule has 0 radical (unpaired) electrons. The number of allylic oxidation sites excluding steroid dienone is 6. The summed E-state index contributed by atoms with van der Waals surface area (Å²) >= 11 is 0. The molecule has 530 valence electrons. The fraction of sp³-hybridized carbons (Fsp3) is 0.321. The molecule has 102 heavy (non-hydrogen) atoms. The van der Waals surface area contributed by atoms with Gasteiger partial charge in [0.15, 0.2) is 0 Å². The number of esters is 3. The number of ether oxygens (including phenoxy) is 3. The topological polar surface area (TPSA) is 221 Å². The Balaban J connectivity index is 0.000000149. The number of methoxy groups -OCH3 is 3. The molecule has 3 heterocycles. The van der Waals surface area contributed by atoms with E-state index in [2.05, 4.69) is 21.9 Å². The third kappa shape index (κ3) is 17.6. The van der Waals surface area contributed by atoms with Crippen LogP contribution in [0.3, 0.4) is 0 Å². The summed E-state index contributed by atoms with van der Waals surface area (Å²) in [6, 6.07) is 52.5. The van der Waals surface area contributed by atoms with E-state index in [1.54, 1.807) is 24.1 Å². The highest BCUT2D eigenvalue weighted by Gasteiger charge is 2.47. The number of nitrogens with zero attached hydrogens (tertiary/aromatic N) is 3. The van der Waals surface area contributed by atoms with Crippen molar-refractivity contribution in [1.82, 2.24) is 20.4 Å². The van der Waals surface area contributed by atoms with Gasteiger partial charge >= 0.3 is 23.9 Å². The van der Waals surface area contributed by atoms with E-state index in [9.17, 15) is 47.0 Å². The largest absolute Gasteiger partial charge is 0.481 e. The molecular formula is C84H87F3N4O11. The van der Waals surface area contributed by atoms with Crippen LogP contribution in [0.15, 0.2) is 225 Å². The summed E-state index contributed by atoms with van der Waals surface area (Å²) in [6.45, 7) is 2.26. The summed E-state index contributed by atoms with van der Waals surface area (Å²) in [5.41, 5.74) is 8.29. The number of aromatic nitrogens is 3. The lowest BCUT2D eigenvalue weighted by molar-refractivity contribution is -0.150. The number of amides is 1. The number of nitrogens with one attached hydrogen (secondary N) is 1. The van der Waals surface area contributed by atoms with Crippen LogP contribution >= 0.6 is 0 Å². The molecule has 5 aliphatic carbocycles. The number of hydrogen-bond donors (Lipinski definition) is 3. The normalized spacial score (nSPS) is 21.8. The predicted molar refractivity (Wildman–Crippen MR) is 383 cm³/mol. The van der Waals surface area contributed by atoms with Crippen LogP contribution in [0.1, 0.15) is 161 Å². The van der Waals surface area contributed by atoms with Crippen LogP contribution in [0.4, 0.5) is 13.2 Å². The molecule has 18 heteroatoms. The van der Waals surface area contributed by atoms with E-state index < -0.39 is 39.0 Å². The van der Waals surface area contributed by atoms with E-state index in [0.29, 0.717) is 83.5 Å². The first kappa shape index (κ1) is 75.7. The van der Waals surface area contributed by atoms with E-state index in [1.165, 1.54) is 58.1 Å². The number of rotatable bonds is 13. The summed E-state index contributed by atoms with van der Waals surface area (Å²) in [5, 5.41) is 18.9. The Morgan fingerprint density at radius 3 is 1.00 bits per heavy atom. The molecule has 5 aromatic carbocycles. The second kappa shape index (κ2) is 35.2. The van der Waals surface area contributed by atoms with Crippen LogP contribution in [0, 0.1) is 23.4 Å². The summed E-state index contributed by atoms with van der Waals surface area (Å²) in [6.07, 6.45) is 25.2. The van der Waals surface area contributed by atoms with Crippen molar-refractivity contribution in [2.75, 3.05) is 21.3 Å². The van der Waals surface area contributed by atoms with Gasteiger partial charge in [-0.05, 0) is 182 Å². The summed E-state index contributed by atoms with van der Waals surface area (Å²) in [5.74, 6) is -1.91. The van der Waals surface area contributed by atoms with Crippen molar-refractivity contribution in [3.8, 4) is 0 Å². The SMILES string of the molecule is COC(=O)C1(c2ccccc2)CC=C(c2cncc(F)c2)CC1.COC(=O)C1(c2ccccc2)CCC(=O)CC1.COC(=O)C1(c2ccccc2)CCC(C)CC1.O=C(NO)C1(c2ccccc2)CC=C(c2cncc(F)c2)CC1.O=C(O)C1(c2ccccc2)CC=C(c2cncc(F)c2)CC1. The Bertz CT molecular complexity index is 4130. The standard InChI is InChI=1S/C19H18FNO2.C18H17FN2O2.C18H16FNO2.C15H20O2.C14H16O3/c1-23-18(22)19(16-5-3-2-4-6-16)9-7-14(8-10-19)15-11-17(20)13-21-12-15;19-16-10-14(11-20-12-16)13-6-8-18(9-7-13,17(22)21-23)15-4-2-1-3-5-15;19-16-10-14(11-20-12-16)13-6-8-18(9-7-13,17(21)22)15-4-2-1-3-5-15;1-12-8-10-15(11-9-12,14(16)17-2)13-6-4-3-5-7-13;1-17-13(16)14(9-7-12(15)8-10-14)11-5-3-2-4-6-11/h2-7,11-13H,8-10H2,1H3;1-6,10-12,23H,7-9H2,(H,21,22);1-6,10-12H,7-9H2,(H,21,22);3-7,12H,8-11H2,1-2H3;2-6H,7-10H2,1H3. The number of carboxylic acids is 1. The average Bonchev–Trinajstić information content (AvgIpc) is 0.803. The number of aliphatic carboxylic acids is 1. The molecule has 0 spiro atoms. The van der Waals surface area contributed by atoms with Crippen molar-refractivity contribution < 1.29 is 66.5 Å². The minimum atomic E-state index is -0.897. The number of Topliss-reactive ketones (excluding diaryl/α,β-unsaturated/α-hetero) is 1. The monoisotopic (exact) mass is 1380 g/mol. The van der Waals surface area contributed by atoms with Crippen LogP contribution in [0.5, 0.6) is 0 Å². The van der Waals surface area contributed by atoms with Crippen molar-refractivity contribution in [2.45, 2.75) is 143 Å². The number of ketones is 1. The molecular weight excluding hydrogens is 1300 g/mol. The number of pyridine rings is 3. The third-order valence-corrected chi connectivity index (χ3v) is 20.9. The number of hydrogen-bond acceptors (Lipinski definition) is 13. The molecule has 2 fully saturated rings.